The van der Waals surface area contributed by atoms with Crippen molar-refractivity contribution < 1.29 is 17.9 Å². The number of carbonyl (C=O) groups excluding carboxylic acids is 1. The number of ether oxygens (including phenoxy) is 1. The van der Waals surface area contributed by atoms with Crippen molar-refractivity contribution in [3.63, 3.8) is 0 Å². The van der Waals surface area contributed by atoms with Crippen LogP contribution in [-0.4, -0.2) is 27.7 Å². The van der Waals surface area contributed by atoms with Crippen molar-refractivity contribution in [2.75, 3.05) is 18.1 Å². The van der Waals surface area contributed by atoms with Gasteiger partial charge in [-0.3, -0.25) is 9.52 Å². The number of benzene rings is 1. The molecule has 1 aromatic carbocycles. The number of rotatable bonds is 4. The lowest BCUT2D eigenvalue weighted by atomic mass is 9.85. The van der Waals surface area contributed by atoms with E-state index in [-0.39, 0.29) is 22.4 Å². The highest BCUT2D eigenvalue weighted by molar-refractivity contribution is 7.92. The average Bonchev–Trinajstić information content (AvgIpc) is 2.24. The van der Waals surface area contributed by atoms with E-state index in [9.17, 15) is 13.2 Å². The van der Waals surface area contributed by atoms with Crippen molar-refractivity contribution in [2.24, 2.45) is 5.73 Å². The maximum Gasteiger partial charge on any atom is 0.252 e. The first-order valence-corrected chi connectivity index (χ1v) is 7.85. The Balaban J connectivity index is 3.62. The molecule has 6 nitrogen and oxygen atoms in total. The molecule has 1 amide bonds. The molecule has 3 N–H and O–H groups in total. The summed E-state index contributed by atoms with van der Waals surface area (Å²) in [7, 11) is -2.14. The van der Waals surface area contributed by atoms with Crippen LogP contribution >= 0.6 is 0 Å². The first-order chi connectivity index (χ1) is 8.95. The van der Waals surface area contributed by atoms with Crippen LogP contribution in [0.2, 0.25) is 0 Å². The summed E-state index contributed by atoms with van der Waals surface area (Å²) >= 11 is 0. The standard InChI is InChI=1S/C13H20N2O4S/c1-13(2,3)8-6-9(12(14)16)11(19-4)10(7-8)15-20(5,17)18/h6-7,15H,1-5H3,(H2,14,16). The van der Waals surface area contributed by atoms with Crippen LogP contribution in [0.4, 0.5) is 5.69 Å². The first kappa shape index (κ1) is 16.3. The van der Waals surface area contributed by atoms with E-state index >= 15 is 0 Å². The molecule has 20 heavy (non-hydrogen) atoms. The minimum Gasteiger partial charge on any atom is -0.494 e. The molecule has 0 heterocycles. The summed E-state index contributed by atoms with van der Waals surface area (Å²) in [6, 6.07) is 3.26. The summed E-state index contributed by atoms with van der Waals surface area (Å²) in [6.07, 6.45) is 1.03. The van der Waals surface area contributed by atoms with Crippen LogP contribution < -0.4 is 15.2 Å². The van der Waals surface area contributed by atoms with Gasteiger partial charge in [-0.2, -0.15) is 0 Å². The minimum absolute atomic E-state index is 0.121. The summed E-state index contributed by atoms with van der Waals surface area (Å²) in [5.74, 6) is -0.555. The highest BCUT2D eigenvalue weighted by atomic mass is 32.2. The molecule has 0 saturated heterocycles. The zero-order valence-electron chi connectivity index (χ0n) is 12.3. The summed E-state index contributed by atoms with van der Waals surface area (Å²) in [6.45, 7) is 5.84. The second-order valence-corrected chi connectivity index (χ2v) is 7.34. The lowest BCUT2D eigenvalue weighted by Crippen LogP contribution is -2.19. The monoisotopic (exact) mass is 300 g/mol. The first-order valence-electron chi connectivity index (χ1n) is 5.96. The summed E-state index contributed by atoms with van der Waals surface area (Å²) in [4.78, 5) is 11.5. The number of nitrogens with one attached hydrogen (secondary N) is 1. The maximum atomic E-state index is 11.5. The van der Waals surface area contributed by atoms with Gasteiger partial charge < -0.3 is 10.5 Å². The normalized spacial score (nSPS) is 12.1. The van der Waals surface area contributed by atoms with Crippen molar-refractivity contribution in [1.29, 1.82) is 0 Å². The van der Waals surface area contributed by atoms with Gasteiger partial charge in [-0.1, -0.05) is 20.8 Å². The predicted octanol–water partition coefficient (Wildman–Crippen LogP) is 1.46. The molecular formula is C13H20N2O4S. The number of primary amides is 1. The van der Waals surface area contributed by atoms with Gasteiger partial charge in [0.2, 0.25) is 10.0 Å². The van der Waals surface area contributed by atoms with Crippen molar-refractivity contribution in [1.82, 2.24) is 0 Å². The van der Waals surface area contributed by atoms with E-state index in [4.69, 9.17) is 10.5 Å². The Labute approximate surface area is 119 Å². The lowest BCUT2D eigenvalue weighted by molar-refractivity contribution is 0.0997. The highest BCUT2D eigenvalue weighted by Crippen LogP contribution is 2.35. The fraction of sp³-hybridized carbons (Fsp3) is 0.462. The molecule has 7 heteroatoms. The van der Waals surface area contributed by atoms with Crippen molar-refractivity contribution >= 4 is 21.6 Å². The van der Waals surface area contributed by atoms with Gasteiger partial charge in [0.15, 0.2) is 5.75 Å². The zero-order valence-corrected chi connectivity index (χ0v) is 13.1. The maximum absolute atomic E-state index is 11.5. The van der Waals surface area contributed by atoms with Crippen LogP contribution in [0, 0.1) is 0 Å². The number of methoxy groups -OCH3 is 1. The SMILES string of the molecule is COc1c(NS(C)(=O)=O)cc(C(C)(C)C)cc1C(N)=O. The molecular weight excluding hydrogens is 280 g/mol. The van der Waals surface area contributed by atoms with Crippen molar-refractivity contribution in [3.05, 3.63) is 23.3 Å². The molecule has 0 aliphatic heterocycles. The largest absolute Gasteiger partial charge is 0.494 e. The number of hydrogen-bond acceptors (Lipinski definition) is 4. The Morgan fingerprint density at radius 3 is 2.20 bits per heavy atom. The number of hydrogen-bond donors (Lipinski definition) is 2. The van der Waals surface area contributed by atoms with Gasteiger partial charge in [-0.15, -0.1) is 0 Å². The van der Waals surface area contributed by atoms with E-state index in [0.29, 0.717) is 0 Å². The average molecular weight is 300 g/mol. The predicted molar refractivity (Wildman–Crippen MR) is 78.7 cm³/mol. The third kappa shape index (κ3) is 3.86. The van der Waals surface area contributed by atoms with Crippen LogP contribution in [0.5, 0.6) is 5.75 Å². The quantitative estimate of drug-likeness (QED) is 0.879. The van der Waals surface area contributed by atoms with Gasteiger partial charge in [0, 0.05) is 0 Å². The Morgan fingerprint density at radius 1 is 1.30 bits per heavy atom. The summed E-state index contributed by atoms with van der Waals surface area (Å²) in [5.41, 5.74) is 6.19. The van der Waals surface area contributed by atoms with E-state index in [1.807, 2.05) is 20.8 Å². The highest BCUT2D eigenvalue weighted by Gasteiger charge is 2.22. The number of anilines is 1. The van der Waals surface area contributed by atoms with E-state index in [0.717, 1.165) is 11.8 Å². The van der Waals surface area contributed by atoms with Crippen LogP contribution in [-0.2, 0) is 15.4 Å². The van der Waals surface area contributed by atoms with Gasteiger partial charge in [0.05, 0.1) is 24.6 Å². The molecule has 0 unspecified atom stereocenters. The molecule has 0 spiro atoms. The fourth-order valence-electron chi connectivity index (χ4n) is 1.74. The number of carbonyl (C=O) groups is 1. The van der Waals surface area contributed by atoms with Crippen LogP contribution in [0.15, 0.2) is 12.1 Å². The molecule has 0 aliphatic carbocycles. The summed E-state index contributed by atoms with van der Waals surface area (Å²) in [5, 5.41) is 0. The Kier molecular flexibility index (Phi) is 4.33. The molecule has 0 aromatic heterocycles. The van der Waals surface area contributed by atoms with E-state index in [2.05, 4.69) is 4.72 Å². The van der Waals surface area contributed by atoms with E-state index in [1.165, 1.54) is 7.11 Å². The molecule has 0 aliphatic rings. The minimum atomic E-state index is -3.50. The second kappa shape index (κ2) is 5.32. The molecule has 0 saturated carbocycles. The number of nitrogens with two attached hydrogens (primary N) is 1. The Hall–Kier alpha value is -1.76. The van der Waals surface area contributed by atoms with Crippen LogP contribution in [0.3, 0.4) is 0 Å². The fourth-order valence-corrected chi connectivity index (χ4v) is 2.29. The Bertz CT molecular complexity index is 631. The van der Waals surface area contributed by atoms with Gasteiger partial charge in [0.25, 0.3) is 5.91 Å². The van der Waals surface area contributed by atoms with E-state index < -0.39 is 15.9 Å². The van der Waals surface area contributed by atoms with Gasteiger partial charge in [0.1, 0.15) is 0 Å². The third-order valence-electron chi connectivity index (χ3n) is 2.72. The molecule has 0 radical (unpaired) electrons. The molecule has 1 aromatic rings. The topological polar surface area (TPSA) is 98.5 Å². The Morgan fingerprint density at radius 2 is 1.85 bits per heavy atom. The van der Waals surface area contributed by atoms with E-state index in [1.54, 1.807) is 12.1 Å². The number of amides is 1. The van der Waals surface area contributed by atoms with Gasteiger partial charge in [-0.05, 0) is 23.1 Å². The van der Waals surface area contributed by atoms with Gasteiger partial charge >= 0.3 is 0 Å². The van der Waals surface area contributed by atoms with Gasteiger partial charge in [-0.25, -0.2) is 8.42 Å². The lowest BCUT2D eigenvalue weighted by Gasteiger charge is -2.23. The summed E-state index contributed by atoms with van der Waals surface area (Å²) < 4.78 is 30.3. The molecule has 112 valence electrons. The van der Waals surface area contributed by atoms with Crippen molar-refractivity contribution in [2.45, 2.75) is 26.2 Å². The zero-order chi connectivity index (χ0) is 15.7. The molecule has 0 atom stereocenters. The molecule has 1 rings (SSSR count). The third-order valence-corrected chi connectivity index (χ3v) is 3.31. The van der Waals surface area contributed by atoms with Crippen LogP contribution in [0.1, 0.15) is 36.7 Å². The van der Waals surface area contributed by atoms with Crippen LogP contribution in [0.25, 0.3) is 0 Å². The smallest absolute Gasteiger partial charge is 0.252 e. The van der Waals surface area contributed by atoms with Crippen molar-refractivity contribution in [3.8, 4) is 5.75 Å². The number of sulfonamides is 1. The molecule has 0 fully saturated rings. The second-order valence-electron chi connectivity index (χ2n) is 5.59. The molecule has 0 bridgehead atoms.